The number of H-pyrrole nitrogens is 1. The minimum absolute atomic E-state index is 0.108. The number of rotatable bonds is 5. The molecule has 0 aliphatic heterocycles. The molecule has 0 aromatic carbocycles. The van der Waals surface area contributed by atoms with Gasteiger partial charge in [-0.25, -0.2) is 0 Å². The lowest BCUT2D eigenvalue weighted by molar-refractivity contribution is 0.0865. The number of nitrogens with one attached hydrogen (secondary N) is 2. The second-order valence-corrected chi connectivity index (χ2v) is 4.67. The van der Waals surface area contributed by atoms with E-state index in [2.05, 4.69) is 10.3 Å². The normalized spacial score (nSPS) is 12.5. The smallest absolute Gasteiger partial charge is 0.257 e. The Hall–Kier alpha value is -1.62. The van der Waals surface area contributed by atoms with E-state index < -0.39 is 0 Å². The van der Waals surface area contributed by atoms with Crippen LogP contribution >= 0.6 is 0 Å². The zero-order chi connectivity index (χ0) is 13.7. The minimum atomic E-state index is -0.369. The van der Waals surface area contributed by atoms with E-state index in [0.717, 1.165) is 5.69 Å². The lowest BCUT2D eigenvalue weighted by Gasteiger charge is -2.21. The molecule has 0 radical (unpaired) electrons. The van der Waals surface area contributed by atoms with Gasteiger partial charge in [0.25, 0.3) is 5.91 Å². The van der Waals surface area contributed by atoms with Gasteiger partial charge in [-0.2, -0.15) is 0 Å². The van der Waals surface area contributed by atoms with Crippen LogP contribution in [0.4, 0.5) is 0 Å². The Morgan fingerprint density at radius 2 is 2.17 bits per heavy atom. The number of carbonyl (C=O) groups excluding carboxylic acids is 1. The van der Waals surface area contributed by atoms with E-state index in [1.165, 1.54) is 12.3 Å². The number of pyridine rings is 1. The summed E-state index contributed by atoms with van der Waals surface area (Å²) in [6.07, 6.45) is 1.44. The van der Waals surface area contributed by atoms with Gasteiger partial charge in [0.15, 0.2) is 5.43 Å². The van der Waals surface area contributed by atoms with Crippen LogP contribution in [0.1, 0.15) is 29.9 Å². The number of methoxy groups -OCH3 is 1. The molecule has 0 fully saturated rings. The molecular formula is C13H20N2O3. The van der Waals surface area contributed by atoms with Crippen molar-refractivity contribution in [1.82, 2.24) is 10.3 Å². The molecule has 18 heavy (non-hydrogen) atoms. The fraction of sp³-hybridized carbons (Fsp3) is 0.538. The number of carbonyl (C=O) groups is 1. The van der Waals surface area contributed by atoms with Crippen molar-refractivity contribution in [3.05, 3.63) is 33.7 Å². The monoisotopic (exact) mass is 252 g/mol. The SMILES string of the molecule is COCC(NC(=O)c1c[nH]c(C)cc1=O)C(C)C. The van der Waals surface area contributed by atoms with Gasteiger partial charge < -0.3 is 15.0 Å². The molecule has 1 amide bonds. The minimum Gasteiger partial charge on any atom is -0.383 e. The summed E-state index contributed by atoms with van der Waals surface area (Å²) in [6.45, 7) is 6.17. The highest BCUT2D eigenvalue weighted by atomic mass is 16.5. The summed E-state index contributed by atoms with van der Waals surface area (Å²) in [7, 11) is 1.58. The van der Waals surface area contributed by atoms with E-state index in [1.54, 1.807) is 14.0 Å². The van der Waals surface area contributed by atoms with Crippen LogP contribution in [-0.4, -0.2) is 30.6 Å². The average Bonchev–Trinajstić information content (AvgIpc) is 2.27. The Morgan fingerprint density at radius 1 is 1.50 bits per heavy atom. The Morgan fingerprint density at radius 3 is 2.67 bits per heavy atom. The Balaban J connectivity index is 2.84. The van der Waals surface area contributed by atoms with Crippen LogP contribution in [0.2, 0.25) is 0 Å². The van der Waals surface area contributed by atoms with Gasteiger partial charge in [0.2, 0.25) is 0 Å². The zero-order valence-electron chi connectivity index (χ0n) is 11.2. The molecule has 0 saturated carbocycles. The molecule has 1 rings (SSSR count). The third-order valence-electron chi connectivity index (χ3n) is 2.77. The highest BCUT2D eigenvalue weighted by Crippen LogP contribution is 2.03. The lowest BCUT2D eigenvalue weighted by Crippen LogP contribution is -2.43. The molecule has 5 nitrogen and oxygen atoms in total. The second-order valence-electron chi connectivity index (χ2n) is 4.67. The lowest BCUT2D eigenvalue weighted by atomic mass is 10.0. The number of amides is 1. The molecule has 0 saturated heterocycles. The predicted molar refractivity (Wildman–Crippen MR) is 69.8 cm³/mol. The summed E-state index contributed by atoms with van der Waals surface area (Å²) in [5.41, 5.74) is 0.583. The molecule has 0 aliphatic rings. The second kappa shape index (κ2) is 6.35. The maximum Gasteiger partial charge on any atom is 0.257 e. The van der Waals surface area contributed by atoms with Gasteiger partial charge >= 0.3 is 0 Å². The van der Waals surface area contributed by atoms with Crippen molar-refractivity contribution in [1.29, 1.82) is 0 Å². The van der Waals surface area contributed by atoms with Gasteiger partial charge in [0.05, 0.1) is 12.6 Å². The number of aromatic nitrogens is 1. The summed E-state index contributed by atoms with van der Waals surface area (Å²) in [5.74, 6) is -0.134. The van der Waals surface area contributed by atoms with E-state index in [-0.39, 0.29) is 28.9 Å². The van der Waals surface area contributed by atoms with E-state index in [0.29, 0.717) is 6.61 Å². The molecule has 1 aromatic rings. The number of aromatic amines is 1. The molecule has 1 atom stereocenters. The highest BCUT2D eigenvalue weighted by Gasteiger charge is 2.18. The molecule has 2 N–H and O–H groups in total. The molecule has 1 unspecified atom stereocenters. The van der Waals surface area contributed by atoms with E-state index in [4.69, 9.17) is 4.74 Å². The summed E-state index contributed by atoms with van der Waals surface area (Å²) >= 11 is 0. The molecule has 0 spiro atoms. The molecule has 1 aromatic heterocycles. The fourth-order valence-corrected chi connectivity index (χ4v) is 1.58. The van der Waals surface area contributed by atoms with Gasteiger partial charge in [-0.15, -0.1) is 0 Å². The molecule has 0 aliphatic carbocycles. The van der Waals surface area contributed by atoms with Crippen LogP contribution in [0.25, 0.3) is 0 Å². The Bertz CT molecular complexity index is 466. The number of ether oxygens (including phenoxy) is 1. The molecular weight excluding hydrogens is 232 g/mol. The summed E-state index contributed by atoms with van der Waals surface area (Å²) < 4.78 is 5.05. The zero-order valence-corrected chi connectivity index (χ0v) is 11.2. The summed E-state index contributed by atoms with van der Waals surface area (Å²) in [5, 5.41) is 2.81. The first kappa shape index (κ1) is 14.4. The number of hydrogen-bond acceptors (Lipinski definition) is 3. The van der Waals surface area contributed by atoms with Crippen LogP contribution in [0.5, 0.6) is 0 Å². The van der Waals surface area contributed by atoms with Crippen molar-refractivity contribution in [3.8, 4) is 0 Å². The maximum atomic E-state index is 12.0. The van der Waals surface area contributed by atoms with Gasteiger partial charge in [0.1, 0.15) is 5.56 Å². The van der Waals surface area contributed by atoms with Crippen molar-refractivity contribution in [2.24, 2.45) is 5.92 Å². The molecule has 100 valence electrons. The topological polar surface area (TPSA) is 71.2 Å². The average molecular weight is 252 g/mol. The number of hydrogen-bond donors (Lipinski definition) is 2. The Labute approximate surface area is 107 Å². The van der Waals surface area contributed by atoms with Crippen molar-refractivity contribution in [3.63, 3.8) is 0 Å². The quantitative estimate of drug-likeness (QED) is 0.824. The van der Waals surface area contributed by atoms with E-state index >= 15 is 0 Å². The van der Waals surface area contributed by atoms with Gasteiger partial charge in [-0.3, -0.25) is 9.59 Å². The first-order valence-corrected chi connectivity index (χ1v) is 5.94. The van der Waals surface area contributed by atoms with Crippen LogP contribution in [0, 0.1) is 12.8 Å². The first-order chi connectivity index (χ1) is 8.45. The van der Waals surface area contributed by atoms with Gasteiger partial charge in [-0.1, -0.05) is 13.8 Å². The molecule has 5 heteroatoms. The van der Waals surface area contributed by atoms with Gasteiger partial charge in [0, 0.05) is 25.1 Å². The van der Waals surface area contributed by atoms with Crippen LogP contribution < -0.4 is 10.7 Å². The summed E-state index contributed by atoms with van der Waals surface area (Å²) in [4.78, 5) is 26.5. The fourth-order valence-electron chi connectivity index (χ4n) is 1.58. The Kier molecular flexibility index (Phi) is 5.09. The first-order valence-electron chi connectivity index (χ1n) is 5.94. The summed E-state index contributed by atoms with van der Waals surface area (Å²) in [6, 6.07) is 1.30. The predicted octanol–water partition coefficient (Wildman–Crippen LogP) is 1.08. The van der Waals surface area contributed by atoms with Crippen LogP contribution in [0.15, 0.2) is 17.1 Å². The van der Waals surface area contributed by atoms with Gasteiger partial charge in [-0.05, 0) is 12.8 Å². The third-order valence-corrected chi connectivity index (χ3v) is 2.77. The van der Waals surface area contributed by atoms with Crippen molar-refractivity contribution < 1.29 is 9.53 Å². The van der Waals surface area contributed by atoms with E-state index in [9.17, 15) is 9.59 Å². The molecule has 1 heterocycles. The van der Waals surface area contributed by atoms with Crippen molar-refractivity contribution in [2.45, 2.75) is 26.8 Å². The molecule has 0 bridgehead atoms. The number of aryl methyl sites for hydroxylation is 1. The third kappa shape index (κ3) is 3.70. The van der Waals surface area contributed by atoms with Crippen molar-refractivity contribution in [2.75, 3.05) is 13.7 Å². The van der Waals surface area contributed by atoms with Crippen LogP contribution in [0.3, 0.4) is 0 Å². The van der Waals surface area contributed by atoms with E-state index in [1.807, 2.05) is 13.8 Å². The standard InChI is InChI=1S/C13H20N2O3/c1-8(2)11(7-18-4)15-13(17)10-6-14-9(3)5-12(10)16/h5-6,8,11H,7H2,1-4H3,(H,14,16)(H,15,17). The van der Waals surface area contributed by atoms with Crippen LogP contribution in [-0.2, 0) is 4.74 Å². The largest absolute Gasteiger partial charge is 0.383 e. The van der Waals surface area contributed by atoms with Crippen molar-refractivity contribution >= 4 is 5.91 Å². The highest BCUT2D eigenvalue weighted by molar-refractivity contribution is 5.94. The maximum absolute atomic E-state index is 12.0.